The van der Waals surface area contributed by atoms with Gasteiger partial charge in [0, 0.05) is 23.6 Å². The van der Waals surface area contributed by atoms with E-state index in [4.69, 9.17) is 16.3 Å². The highest BCUT2D eigenvalue weighted by Gasteiger charge is 2.14. The summed E-state index contributed by atoms with van der Waals surface area (Å²) in [6.07, 6.45) is 3.15. The van der Waals surface area contributed by atoms with Crippen LogP contribution >= 0.6 is 11.6 Å². The molecule has 0 saturated heterocycles. The Morgan fingerprint density at radius 3 is 2.58 bits per heavy atom. The lowest BCUT2D eigenvalue weighted by molar-refractivity contribution is -0.137. The van der Waals surface area contributed by atoms with E-state index in [0.717, 1.165) is 16.5 Å². The van der Waals surface area contributed by atoms with Crippen LogP contribution in [0.4, 0.5) is 0 Å². The molecule has 0 unspecified atom stereocenters. The number of rotatable bonds is 5. The minimum Gasteiger partial charge on any atom is -0.463 e. The van der Waals surface area contributed by atoms with Gasteiger partial charge in [0.2, 0.25) is 0 Å². The van der Waals surface area contributed by atoms with Crippen LogP contribution in [0.15, 0.2) is 60.7 Å². The molecular formula is C20H18ClNO2. The second-order valence-electron chi connectivity index (χ2n) is 5.38. The Kier molecular flexibility index (Phi) is 5.02. The van der Waals surface area contributed by atoms with Gasteiger partial charge in [-0.15, -0.1) is 0 Å². The molecule has 0 spiro atoms. The summed E-state index contributed by atoms with van der Waals surface area (Å²) in [6, 6.07) is 18.1. The summed E-state index contributed by atoms with van der Waals surface area (Å²) in [7, 11) is 0. The molecule has 0 fully saturated rings. The van der Waals surface area contributed by atoms with E-state index in [1.165, 1.54) is 11.6 Å². The molecule has 3 rings (SSSR count). The first-order valence-electron chi connectivity index (χ1n) is 7.86. The molecule has 0 bridgehead atoms. The van der Waals surface area contributed by atoms with Crippen LogP contribution in [0.1, 0.15) is 18.1 Å². The van der Waals surface area contributed by atoms with Gasteiger partial charge >= 0.3 is 5.97 Å². The van der Waals surface area contributed by atoms with E-state index in [1.54, 1.807) is 13.0 Å². The van der Waals surface area contributed by atoms with E-state index < -0.39 is 0 Å². The Bertz CT molecular complexity index is 881. The van der Waals surface area contributed by atoms with Crippen molar-refractivity contribution in [2.45, 2.75) is 13.5 Å². The van der Waals surface area contributed by atoms with Crippen LogP contribution in [0.3, 0.4) is 0 Å². The summed E-state index contributed by atoms with van der Waals surface area (Å²) in [5.41, 5.74) is 3.03. The van der Waals surface area contributed by atoms with Gasteiger partial charge in [-0.05, 0) is 24.6 Å². The molecule has 0 atom stereocenters. The van der Waals surface area contributed by atoms with Crippen molar-refractivity contribution >= 4 is 34.5 Å². The summed E-state index contributed by atoms with van der Waals surface area (Å²) in [5.74, 6) is -0.367. The number of hydrogen-bond donors (Lipinski definition) is 0. The standard InChI is InChI=1S/C20H18ClNO2/c1-2-24-19(23)13-12-17-16-10-6-7-11-18(16)22(20(17)21)14-15-8-4-3-5-9-15/h3-13H,2,14H2,1H3/b13-12+. The van der Waals surface area contributed by atoms with Gasteiger partial charge in [-0.25, -0.2) is 4.79 Å². The van der Waals surface area contributed by atoms with Gasteiger partial charge in [-0.2, -0.15) is 0 Å². The maximum atomic E-state index is 11.6. The molecule has 2 aromatic carbocycles. The summed E-state index contributed by atoms with van der Waals surface area (Å²) in [5, 5.41) is 1.62. The van der Waals surface area contributed by atoms with Crippen LogP contribution < -0.4 is 0 Å². The fourth-order valence-electron chi connectivity index (χ4n) is 2.72. The van der Waals surface area contributed by atoms with Gasteiger partial charge < -0.3 is 9.30 Å². The molecule has 1 aromatic heterocycles. The van der Waals surface area contributed by atoms with Gasteiger partial charge in [0.05, 0.1) is 12.1 Å². The van der Waals surface area contributed by atoms with Crippen molar-refractivity contribution in [1.82, 2.24) is 4.57 Å². The second kappa shape index (κ2) is 7.37. The molecule has 1 heterocycles. The number of carbonyl (C=O) groups is 1. The largest absolute Gasteiger partial charge is 0.463 e. The molecule has 122 valence electrons. The molecule has 0 saturated carbocycles. The van der Waals surface area contributed by atoms with Crippen LogP contribution in [0.2, 0.25) is 5.15 Å². The van der Waals surface area contributed by atoms with E-state index in [2.05, 4.69) is 16.7 Å². The number of para-hydroxylation sites is 1. The highest BCUT2D eigenvalue weighted by atomic mass is 35.5. The first-order valence-corrected chi connectivity index (χ1v) is 8.24. The Morgan fingerprint density at radius 2 is 1.83 bits per heavy atom. The average Bonchev–Trinajstić information content (AvgIpc) is 2.86. The molecule has 3 aromatic rings. The van der Waals surface area contributed by atoms with E-state index in [1.807, 2.05) is 42.5 Å². The van der Waals surface area contributed by atoms with E-state index >= 15 is 0 Å². The molecule has 24 heavy (non-hydrogen) atoms. The molecule has 0 radical (unpaired) electrons. The number of aromatic nitrogens is 1. The highest BCUT2D eigenvalue weighted by molar-refractivity contribution is 6.33. The zero-order valence-electron chi connectivity index (χ0n) is 13.4. The van der Waals surface area contributed by atoms with Crippen LogP contribution in [-0.4, -0.2) is 17.1 Å². The zero-order chi connectivity index (χ0) is 16.9. The third-order valence-electron chi connectivity index (χ3n) is 3.80. The van der Waals surface area contributed by atoms with Crippen molar-refractivity contribution in [2.75, 3.05) is 6.61 Å². The first kappa shape index (κ1) is 16.3. The van der Waals surface area contributed by atoms with Crippen molar-refractivity contribution in [1.29, 1.82) is 0 Å². The Labute approximate surface area is 146 Å². The van der Waals surface area contributed by atoms with Crippen molar-refractivity contribution in [3.05, 3.63) is 77.0 Å². The van der Waals surface area contributed by atoms with Crippen molar-refractivity contribution < 1.29 is 9.53 Å². The molecule has 0 aliphatic heterocycles. The number of carbonyl (C=O) groups excluding carboxylic acids is 1. The Morgan fingerprint density at radius 1 is 1.12 bits per heavy atom. The highest BCUT2D eigenvalue weighted by Crippen LogP contribution is 2.31. The fraction of sp³-hybridized carbons (Fsp3) is 0.150. The number of hydrogen-bond acceptors (Lipinski definition) is 2. The second-order valence-corrected chi connectivity index (χ2v) is 5.74. The summed E-state index contributed by atoms with van der Waals surface area (Å²) < 4.78 is 6.99. The van der Waals surface area contributed by atoms with Gasteiger partial charge in [0.25, 0.3) is 0 Å². The molecule has 0 N–H and O–H groups in total. The van der Waals surface area contributed by atoms with E-state index in [9.17, 15) is 4.79 Å². The summed E-state index contributed by atoms with van der Waals surface area (Å²) in [4.78, 5) is 11.6. The number of ether oxygens (including phenoxy) is 1. The number of esters is 1. The molecule has 4 heteroatoms. The third-order valence-corrected chi connectivity index (χ3v) is 4.21. The average molecular weight is 340 g/mol. The van der Waals surface area contributed by atoms with Crippen molar-refractivity contribution in [2.24, 2.45) is 0 Å². The maximum absolute atomic E-state index is 11.6. The molecule has 3 nitrogen and oxygen atoms in total. The van der Waals surface area contributed by atoms with Gasteiger partial charge in [0.1, 0.15) is 5.15 Å². The topological polar surface area (TPSA) is 31.2 Å². The number of nitrogens with zero attached hydrogens (tertiary/aromatic N) is 1. The lowest BCUT2D eigenvalue weighted by Gasteiger charge is -2.07. The van der Waals surface area contributed by atoms with E-state index in [-0.39, 0.29) is 5.97 Å². The predicted molar refractivity (Wildman–Crippen MR) is 98.2 cm³/mol. The van der Waals surface area contributed by atoms with Crippen molar-refractivity contribution in [3.8, 4) is 0 Å². The number of fused-ring (bicyclic) bond motifs is 1. The Balaban J connectivity index is 2.04. The SMILES string of the molecule is CCOC(=O)/C=C/c1c(Cl)n(Cc2ccccc2)c2ccccc12. The van der Waals surface area contributed by atoms with Crippen LogP contribution in [0.5, 0.6) is 0 Å². The molecular weight excluding hydrogens is 322 g/mol. The Hall–Kier alpha value is -2.52. The minimum atomic E-state index is -0.367. The van der Waals surface area contributed by atoms with Gasteiger partial charge in [0.15, 0.2) is 0 Å². The monoisotopic (exact) mass is 339 g/mol. The molecule has 0 aliphatic rings. The quantitative estimate of drug-likeness (QED) is 0.488. The van der Waals surface area contributed by atoms with Crippen LogP contribution in [-0.2, 0) is 16.1 Å². The fourth-order valence-corrected chi connectivity index (χ4v) is 3.04. The minimum absolute atomic E-state index is 0.354. The lowest BCUT2D eigenvalue weighted by atomic mass is 10.1. The van der Waals surface area contributed by atoms with Gasteiger partial charge in [-0.1, -0.05) is 60.1 Å². The maximum Gasteiger partial charge on any atom is 0.330 e. The smallest absolute Gasteiger partial charge is 0.330 e. The normalized spacial score (nSPS) is 11.2. The van der Waals surface area contributed by atoms with Crippen LogP contribution in [0, 0.1) is 0 Å². The van der Waals surface area contributed by atoms with Gasteiger partial charge in [-0.3, -0.25) is 0 Å². The number of benzene rings is 2. The van der Waals surface area contributed by atoms with Crippen molar-refractivity contribution in [3.63, 3.8) is 0 Å². The first-order chi connectivity index (χ1) is 11.7. The predicted octanol–water partition coefficient (Wildman–Crippen LogP) is 4.92. The zero-order valence-corrected chi connectivity index (χ0v) is 14.2. The molecule has 0 amide bonds. The summed E-state index contributed by atoms with van der Waals surface area (Å²) >= 11 is 6.62. The number of halogens is 1. The lowest BCUT2D eigenvalue weighted by Crippen LogP contribution is -1.99. The molecule has 0 aliphatic carbocycles. The van der Waals surface area contributed by atoms with Crippen LogP contribution in [0.25, 0.3) is 17.0 Å². The third kappa shape index (κ3) is 3.36. The van der Waals surface area contributed by atoms with E-state index in [0.29, 0.717) is 18.3 Å². The summed E-state index contributed by atoms with van der Waals surface area (Å²) in [6.45, 7) is 2.81.